The minimum atomic E-state index is -0.0513. The van der Waals surface area contributed by atoms with Crippen molar-refractivity contribution < 1.29 is 0 Å². The van der Waals surface area contributed by atoms with E-state index in [2.05, 4.69) is 268 Å². The van der Waals surface area contributed by atoms with Crippen LogP contribution in [0, 0.1) is 6.92 Å². The second-order valence-electron chi connectivity index (χ2n) is 25.6. The number of hydrogen-bond donors (Lipinski definition) is 0. The third-order valence-electron chi connectivity index (χ3n) is 17.7. The molecule has 0 radical (unpaired) electrons. The topological polar surface area (TPSA) is 9.72 Å². The van der Waals surface area contributed by atoms with E-state index in [1.807, 2.05) is 0 Å². The SMILES string of the molecule is Cc1cc2c3c(c1)N(c1ccc(C(C)(C)C)cc1-c1ccccc1)c1cc4c(cc1B3c1cc(N(c3ccccc3)c3ccccc3)ccc1N2c1ccc2c(c1)C(C)(C)CCC2(C)C)C(C)(C)CCC4(C)C. The van der Waals surface area contributed by atoms with Crippen LogP contribution in [0.5, 0.6) is 0 Å². The summed E-state index contributed by atoms with van der Waals surface area (Å²) in [5, 5.41) is 0. The monoisotopic (exact) mass is 954 g/mol. The van der Waals surface area contributed by atoms with Gasteiger partial charge in [0.15, 0.2) is 0 Å². The van der Waals surface area contributed by atoms with Crippen LogP contribution in [0.4, 0.5) is 51.2 Å². The van der Waals surface area contributed by atoms with Gasteiger partial charge in [-0.2, -0.15) is 0 Å². The Labute approximate surface area is 437 Å². The van der Waals surface area contributed by atoms with Gasteiger partial charge >= 0.3 is 0 Å². The molecule has 2 aliphatic heterocycles. The van der Waals surface area contributed by atoms with Crippen molar-refractivity contribution >= 4 is 74.3 Å². The Morgan fingerprint density at radius 2 is 0.932 bits per heavy atom. The van der Waals surface area contributed by atoms with Crippen molar-refractivity contribution in [3.63, 3.8) is 0 Å². The van der Waals surface area contributed by atoms with Gasteiger partial charge < -0.3 is 14.7 Å². The van der Waals surface area contributed by atoms with Crippen molar-refractivity contribution in [3.05, 3.63) is 203 Å². The number of nitrogens with zero attached hydrogens (tertiary/aromatic N) is 3. The van der Waals surface area contributed by atoms with Crippen LogP contribution in [0.15, 0.2) is 170 Å². The van der Waals surface area contributed by atoms with Crippen molar-refractivity contribution in [3.8, 4) is 11.1 Å². The molecule has 73 heavy (non-hydrogen) atoms. The van der Waals surface area contributed by atoms with Crippen LogP contribution in [-0.2, 0) is 27.1 Å². The van der Waals surface area contributed by atoms with Gasteiger partial charge in [0.25, 0.3) is 6.71 Å². The number of anilines is 9. The highest BCUT2D eigenvalue weighted by Crippen LogP contribution is 2.54. The number of benzene rings is 8. The van der Waals surface area contributed by atoms with Gasteiger partial charge in [-0.1, -0.05) is 161 Å². The first-order valence-corrected chi connectivity index (χ1v) is 27.0. The van der Waals surface area contributed by atoms with Crippen LogP contribution in [0.3, 0.4) is 0 Å². The molecule has 4 aliphatic rings. The lowest BCUT2D eigenvalue weighted by Gasteiger charge is -2.48. The lowest BCUT2D eigenvalue weighted by molar-refractivity contribution is 0.332. The van der Waals surface area contributed by atoms with Crippen molar-refractivity contribution in [2.75, 3.05) is 14.7 Å². The van der Waals surface area contributed by atoms with Gasteiger partial charge in [-0.25, -0.2) is 0 Å². The predicted octanol–water partition coefficient (Wildman–Crippen LogP) is 17.2. The zero-order valence-electron chi connectivity index (χ0n) is 45.4. The van der Waals surface area contributed by atoms with E-state index in [9.17, 15) is 0 Å². The molecule has 0 bridgehead atoms. The summed E-state index contributed by atoms with van der Waals surface area (Å²) in [5.74, 6) is 0. The highest BCUT2D eigenvalue weighted by atomic mass is 15.2. The standard InChI is InChI=1S/C69H72BN3/c1-45-38-62-64-63(39-45)73(59-32-28-47(65(2,3)4)40-52(59)46-22-16-13-17-23-46)61-44-56-55(68(9,10)36-37-69(56,11)12)43-58(61)70(64)57-42-51(71(48-24-18-14-19-25-48)49-26-20-15-21-27-49)30-33-60(57)72(62)50-29-31-53-54(41-50)67(7,8)35-34-66(53,5)6/h13-33,38-44H,34-37H2,1-12H3. The Morgan fingerprint density at radius 1 is 0.425 bits per heavy atom. The van der Waals surface area contributed by atoms with E-state index in [0.29, 0.717) is 0 Å². The smallest absolute Gasteiger partial charge is 0.252 e. The third kappa shape index (κ3) is 7.68. The van der Waals surface area contributed by atoms with Crippen LogP contribution in [0.25, 0.3) is 11.1 Å². The van der Waals surface area contributed by atoms with Crippen LogP contribution >= 0.6 is 0 Å². The number of para-hydroxylation sites is 2. The van der Waals surface area contributed by atoms with Crippen molar-refractivity contribution in [2.24, 2.45) is 0 Å². The molecule has 2 heterocycles. The first-order chi connectivity index (χ1) is 34.7. The van der Waals surface area contributed by atoms with Crippen LogP contribution in [-0.4, -0.2) is 6.71 Å². The van der Waals surface area contributed by atoms with Crippen molar-refractivity contribution in [1.29, 1.82) is 0 Å². The average molecular weight is 954 g/mol. The third-order valence-corrected chi connectivity index (χ3v) is 17.7. The lowest BCUT2D eigenvalue weighted by Crippen LogP contribution is -2.62. The maximum absolute atomic E-state index is 2.69. The summed E-state index contributed by atoms with van der Waals surface area (Å²) >= 11 is 0. The van der Waals surface area contributed by atoms with E-state index in [0.717, 1.165) is 36.3 Å². The minimum Gasteiger partial charge on any atom is -0.311 e. The summed E-state index contributed by atoms with van der Waals surface area (Å²) in [6.07, 6.45) is 4.64. The summed E-state index contributed by atoms with van der Waals surface area (Å²) in [5.41, 5.74) is 26.1. The average Bonchev–Trinajstić information content (AvgIpc) is 3.37. The zero-order valence-corrected chi connectivity index (χ0v) is 45.4. The Morgan fingerprint density at radius 3 is 1.52 bits per heavy atom. The van der Waals surface area contributed by atoms with Gasteiger partial charge in [0.05, 0.1) is 5.69 Å². The quantitative estimate of drug-likeness (QED) is 0.154. The van der Waals surface area contributed by atoms with Gasteiger partial charge in [0.1, 0.15) is 0 Å². The number of fused-ring (bicyclic) bond motifs is 6. The molecular formula is C69H72BN3. The highest BCUT2D eigenvalue weighted by molar-refractivity contribution is 7.00. The second-order valence-corrected chi connectivity index (χ2v) is 25.6. The van der Waals surface area contributed by atoms with Crippen LogP contribution in [0.2, 0.25) is 0 Å². The number of aryl methyl sites for hydroxylation is 1. The van der Waals surface area contributed by atoms with Gasteiger partial charge in [0.2, 0.25) is 0 Å². The van der Waals surface area contributed by atoms with Gasteiger partial charge in [0, 0.05) is 51.1 Å². The first kappa shape index (κ1) is 47.2. The summed E-state index contributed by atoms with van der Waals surface area (Å²) in [6.45, 7) is 29.0. The Balaban J connectivity index is 1.21. The Kier molecular flexibility index (Phi) is 10.8. The molecule has 4 heteroatoms. The molecule has 0 saturated carbocycles. The molecule has 0 atom stereocenters. The lowest BCUT2D eigenvalue weighted by atomic mass is 9.33. The predicted molar refractivity (Wildman–Crippen MR) is 315 cm³/mol. The minimum absolute atomic E-state index is 0.0110. The van der Waals surface area contributed by atoms with Crippen LogP contribution < -0.4 is 31.1 Å². The highest BCUT2D eigenvalue weighted by Gasteiger charge is 2.48. The van der Waals surface area contributed by atoms with E-state index < -0.39 is 0 Å². The molecule has 2 aliphatic carbocycles. The van der Waals surface area contributed by atoms with Crippen molar-refractivity contribution in [2.45, 2.75) is 136 Å². The Hall–Kier alpha value is -6.78. The molecular weight excluding hydrogens is 882 g/mol. The fourth-order valence-corrected chi connectivity index (χ4v) is 13.2. The van der Waals surface area contributed by atoms with Crippen molar-refractivity contribution in [1.82, 2.24) is 0 Å². The largest absolute Gasteiger partial charge is 0.311 e. The molecule has 0 unspecified atom stereocenters. The number of rotatable bonds is 6. The zero-order chi connectivity index (χ0) is 51.0. The molecule has 8 aromatic carbocycles. The van der Waals surface area contributed by atoms with E-state index in [1.165, 1.54) is 101 Å². The maximum atomic E-state index is 2.69. The molecule has 0 amide bonds. The molecule has 12 rings (SSSR count). The van der Waals surface area contributed by atoms with E-state index in [-0.39, 0.29) is 33.8 Å². The van der Waals surface area contributed by atoms with E-state index in [1.54, 1.807) is 0 Å². The number of hydrogen-bond acceptors (Lipinski definition) is 3. The van der Waals surface area contributed by atoms with Gasteiger partial charge in [-0.15, -0.1) is 0 Å². The van der Waals surface area contributed by atoms with Gasteiger partial charge in [-0.3, -0.25) is 0 Å². The summed E-state index contributed by atoms with van der Waals surface area (Å²) in [4.78, 5) is 7.78. The molecule has 0 spiro atoms. The normalized spacial score (nSPS) is 17.5. The summed E-state index contributed by atoms with van der Waals surface area (Å²) in [7, 11) is 0. The van der Waals surface area contributed by atoms with Crippen LogP contribution in [0.1, 0.15) is 135 Å². The Bertz CT molecular complexity index is 3430. The fourth-order valence-electron chi connectivity index (χ4n) is 13.2. The van der Waals surface area contributed by atoms with E-state index in [4.69, 9.17) is 0 Å². The molecule has 3 nitrogen and oxygen atoms in total. The molecule has 0 saturated heterocycles. The molecule has 0 fully saturated rings. The van der Waals surface area contributed by atoms with Gasteiger partial charge in [-0.05, 0) is 200 Å². The molecule has 0 N–H and O–H groups in total. The summed E-state index contributed by atoms with van der Waals surface area (Å²) in [6, 6.07) is 65.4. The summed E-state index contributed by atoms with van der Waals surface area (Å²) < 4.78 is 0. The van der Waals surface area contributed by atoms with E-state index >= 15 is 0 Å². The second kappa shape index (κ2) is 16.6. The maximum Gasteiger partial charge on any atom is 0.252 e. The molecule has 0 aromatic heterocycles. The molecule has 366 valence electrons. The molecule has 8 aromatic rings. The fraction of sp³-hybridized carbons (Fsp3) is 0.304. The first-order valence-electron chi connectivity index (χ1n) is 27.0.